The minimum atomic E-state index is -0.0796. The minimum absolute atomic E-state index is 0.0444. The van der Waals surface area contributed by atoms with Gasteiger partial charge in [0.2, 0.25) is 0 Å². The van der Waals surface area contributed by atoms with Gasteiger partial charge in [0.25, 0.3) is 0 Å². The Hall–Kier alpha value is -1.35. The molecule has 1 aromatic rings. The van der Waals surface area contributed by atoms with Gasteiger partial charge in [-0.05, 0) is 31.2 Å². The van der Waals surface area contributed by atoms with Crippen LogP contribution in [0.25, 0.3) is 0 Å². The summed E-state index contributed by atoms with van der Waals surface area (Å²) in [4.78, 5) is 11.4. The van der Waals surface area contributed by atoms with E-state index in [1.807, 2.05) is 6.07 Å². The van der Waals surface area contributed by atoms with Crippen molar-refractivity contribution in [3.05, 3.63) is 35.9 Å². The highest BCUT2D eigenvalue weighted by Gasteiger charge is 2.25. The van der Waals surface area contributed by atoms with Crippen molar-refractivity contribution in [2.24, 2.45) is 5.92 Å². The maximum atomic E-state index is 11.4. The summed E-state index contributed by atoms with van der Waals surface area (Å²) in [5.41, 5.74) is 1.38. The van der Waals surface area contributed by atoms with Crippen molar-refractivity contribution >= 4 is 5.97 Å². The van der Waals surface area contributed by atoms with Crippen molar-refractivity contribution in [3.8, 4) is 0 Å². The van der Waals surface area contributed by atoms with Crippen LogP contribution in [-0.2, 0) is 16.0 Å². The molecule has 0 aliphatic carbocycles. The van der Waals surface area contributed by atoms with Crippen LogP contribution >= 0.6 is 0 Å². The maximum absolute atomic E-state index is 11.4. The quantitative estimate of drug-likeness (QED) is 0.829. The molecule has 3 nitrogen and oxygen atoms in total. The molecular formula is C15H21NO2. The smallest absolute Gasteiger partial charge is 0.309 e. The lowest BCUT2D eigenvalue weighted by atomic mass is 9.91. The molecule has 98 valence electrons. The van der Waals surface area contributed by atoms with Crippen LogP contribution < -0.4 is 5.32 Å². The van der Waals surface area contributed by atoms with Crippen LogP contribution in [0.4, 0.5) is 0 Å². The lowest BCUT2D eigenvalue weighted by molar-refractivity contribution is -0.146. The number of aryl methyl sites for hydroxylation is 1. The van der Waals surface area contributed by atoms with Gasteiger partial charge in [-0.15, -0.1) is 0 Å². The van der Waals surface area contributed by atoms with Crippen LogP contribution in [0.3, 0.4) is 0 Å². The fraction of sp³-hybridized carbons (Fsp3) is 0.533. The average molecular weight is 247 g/mol. The van der Waals surface area contributed by atoms with Crippen LogP contribution in [0, 0.1) is 5.92 Å². The van der Waals surface area contributed by atoms with Gasteiger partial charge in [0.05, 0.1) is 13.0 Å². The summed E-state index contributed by atoms with van der Waals surface area (Å²) in [6.07, 6.45) is 4.24. The van der Waals surface area contributed by atoms with E-state index in [4.69, 9.17) is 4.74 Å². The number of carbonyl (C=O) groups is 1. The molecule has 2 rings (SSSR count). The fourth-order valence-electron chi connectivity index (χ4n) is 2.52. The molecule has 1 aromatic carbocycles. The first-order valence-corrected chi connectivity index (χ1v) is 6.64. The first kappa shape index (κ1) is 13.1. The second-order valence-corrected chi connectivity index (χ2v) is 4.93. The topological polar surface area (TPSA) is 38.3 Å². The number of esters is 1. The number of ether oxygens (including phenoxy) is 1. The number of hydrogen-bond acceptors (Lipinski definition) is 3. The van der Waals surface area contributed by atoms with Crippen LogP contribution in [0.15, 0.2) is 30.3 Å². The van der Waals surface area contributed by atoms with Gasteiger partial charge in [-0.2, -0.15) is 0 Å². The predicted octanol–water partition coefficient (Wildman–Crippen LogP) is 2.16. The largest absolute Gasteiger partial charge is 0.469 e. The second kappa shape index (κ2) is 6.55. The van der Waals surface area contributed by atoms with E-state index in [1.165, 1.54) is 12.7 Å². The zero-order chi connectivity index (χ0) is 12.8. The molecule has 0 aromatic heterocycles. The summed E-state index contributed by atoms with van der Waals surface area (Å²) in [7, 11) is 1.46. The molecular weight excluding hydrogens is 226 g/mol. The Morgan fingerprint density at radius 3 is 2.72 bits per heavy atom. The van der Waals surface area contributed by atoms with Crippen molar-refractivity contribution < 1.29 is 9.53 Å². The van der Waals surface area contributed by atoms with Crippen molar-refractivity contribution in [1.82, 2.24) is 5.32 Å². The molecule has 0 saturated carbocycles. The lowest BCUT2D eigenvalue weighted by Crippen LogP contribution is -2.42. The Kier molecular flexibility index (Phi) is 4.76. The molecule has 3 heteroatoms. The fourth-order valence-corrected chi connectivity index (χ4v) is 2.52. The Bertz CT molecular complexity index is 369. The summed E-state index contributed by atoms with van der Waals surface area (Å²) in [6.45, 7) is 0.756. The number of piperidine rings is 1. The number of carbonyl (C=O) groups excluding carboxylic acids is 1. The standard InChI is InChI=1S/C15H21NO2/c1-18-15(17)13-8-10-14(16-11-13)9-7-12-5-3-2-4-6-12/h2-6,13-14,16H,7-11H2,1H3/t13-,14-/m1/s1. The van der Waals surface area contributed by atoms with Crippen LogP contribution in [0.1, 0.15) is 24.8 Å². The minimum Gasteiger partial charge on any atom is -0.469 e. The predicted molar refractivity (Wildman–Crippen MR) is 71.3 cm³/mol. The summed E-state index contributed by atoms with van der Waals surface area (Å²) in [5.74, 6) is -0.0352. The number of nitrogens with one attached hydrogen (secondary N) is 1. The van der Waals surface area contributed by atoms with Gasteiger partial charge < -0.3 is 10.1 Å². The van der Waals surface area contributed by atoms with E-state index < -0.39 is 0 Å². The van der Waals surface area contributed by atoms with Gasteiger partial charge in [-0.3, -0.25) is 4.79 Å². The third-order valence-corrected chi connectivity index (χ3v) is 3.68. The van der Waals surface area contributed by atoms with E-state index in [1.54, 1.807) is 0 Å². The van der Waals surface area contributed by atoms with Crippen molar-refractivity contribution in [1.29, 1.82) is 0 Å². The highest BCUT2D eigenvalue weighted by atomic mass is 16.5. The zero-order valence-corrected chi connectivity index (χ0v) is 10.9. The number of hydrogen-bond donors (Lipinski definition) is 1. The third kappa shape index (κ3) is 3.57. The second-order valence-electron chi connectivity index (χ2n) is 4.93. The first-order valence-electron chi connectivity index (χ1n) is 6.64. The Balaban J connectivity index is 1.72. The molecule has 18 heavy (non-hydrogen) atoms. The molecule has 1 fully saturated rings. The van der Waals surface area contributed by atoms with E-state index in [2.05, 4.69) is 29.6 Å². The highest BCUT2D eigenvalue weighted by molar-refractivity contribution is 5.72. The van der Waals surface area contributed by atoms with Gasteiger partial charge >= 0.3 is 5.97 Å². The molecule has 0 radical (unpaired) electrons. The molecule has 1 saturated heterocycles. The third-order valence-electron chi connectivity index (χ3n) is 3.68. The van der Waals surface area contributed by atoms with Crippen LogP contribution in [0.2, 0.25) is 0 Å². The van der Waals surface area contributed by atoms with E-state index in [0.29, 0.717) is 6.04 Å². The monoisotopic (exact) mass is 247 g/mol. The van der Waals surface area contributed by atoms with E-state index in [9.17, 15) is 4.79 Å². The van der Waals surface area contributed by atoms with E-state index >= 15 is 0 Å². The lowest BCUT2D eigenvalue weighted by Gasteiger charge is -2.28. The summed E-state index contributed by atoms with van der Waals surface area (Å²) >= 11 is 0. The van der Waals surface area contributed by atoms with E-state index in [0.717, 1.165) is 32.2 Å². The van der Waals surface area contributed by atoms with Crippen LogP contribution in [0.5, 0.6) is 0 Å². The molecule has 1 aliphatic heterocycles. The van der Waals surface area contributed by atoms with E-state index in [-0.39, 0.29) is 11.9 Å². The molecule has 0 bridgehead atoms. The summed E-state index contributed by atoms with van der Waals surface area (Å²) < 4.78 is 4.78. The SMILES string of the molecule is COC(=O)[C@@H]1CC[C@@H](CCc2ccccc2)NC1. The summed E-state index contributed by atoms with van der Waals surface area (Å²) in [6, 6.07) is 11.1. The zero-order valence-electron chi connectivity index (χ0n) is 10.9. The Morgan fingerprint density at radius 1 is 1.33 bits per heavy atom. The van der Waals surface area contributed by atoms with Crippen LogP contribution in [-0.4, -0.2) is 25.7 Å². The van der Waals surface area contributed by atoms with Gasteiger partial charge in [-0.1, -0.05) is 30.3 Å². The molecule has 0 spiro atoms. The molecule has 1 N–H and O–H groups in total. The molecule has 0 amide bonds. The average Bonchev–Trinajstić information content (AvgIpc) is 2.46. The Labute approximate surface area is 109 Å². The molecule has 1 heterocycles. The van der Waals surface area contributed by atoms with Gasteiger partial charge in [0, 0.05) is 12.6 Å². The molecule has 2 atom stereocenters. The molecule has 0 unspecified atom stereocenters. The van der Waals surface area contributed by atoms with Crippen molar-refractivity contribution in [2.75, 3.05) is 13.7 Å². The number of methoxy groups -OCH3 is 1. The maximum Gasteiger partial charge on any atom is 0.309 e. The number of rotatable bonds is 4. The Morgan fingerprint density at radius 2 is 2.11 bits per heavy atom. The van der Waals surface area contributed by atoms with Gasteiger partial charge in [0.1, 0.15) is 0 Å². The molecule has 1 aliphatic rings. The normalized spacial score (nSPS) is 23.6. The van der Waals surface area contributed by atoms with Crippen molar-refractivity contribution in [3.63, 3.8) is 0 Å². The highest BCUT2D eigenvalue weighted by Crippen LogP contribution is 2.18. The first-order chi connectivity index (χ1) is 8.79. The van der Waals surface area contributed by atoms with Gasteiger partial charge in [0.15, 0.2) is 0 Å². The summed E-state index contributed by atoms with van der Waals surface area (Å²) in [5, 5.41) is 3.45. The number of benzene rings is 1. The van der Waals surface area contributed by atoms with Crippen molar-refractivity contribution in [2.45, 2.75) is 31.7 Å². The van der Waals surface area contributed by atoms with Gasteiger partial charge in [-0.25, -0.2) is 0 Å².